The summed E-state index contributed by atoms with van der Waals surface area (Å²) in [7, 11) is 0. The van der Waals surface area contributed by atoms with E-state index in [0.29, 0.717) is 12.6 Å². The van der Waals surface area contributed by atoms with Gasteiger partial charge in [-0.25, -0.2) is 0 Å². The van der Waals surface area contributed by atoms with Crippen molar-refractivity contribution in [1.82, 2.24) is 15.6 Å². The van der Waals surface area contributed by atoms with Crippen LogP contribution >= 0.6 is 0 Å². The van der Waals surface area contributed by atoms with Gasteiger partial charge in [-0.1, -0.05) is 26.8 Å². The SMILES string of the molecule is CC[C@H](NCNCc1ccc(C(C)C)cn1)[C@H](C)O. The zero-order valence-electron chi connectivity index (χ0n) is 12.5. The Bertz CT molecular complexity index is 349. The molecular weight excluding hydrogens is 238 g/mol. The first-order chi connectivity index (χ1) is 9.04. The number of aliphatic hydroxyl groups is 1. The van der Waals surface area contributed by atoms with Crippen LogP contribution in [0.15, 0.2) is 18.3 Å². The van der Waals surface area contributed by atoms with E-state index >= 15 is 0 Å². The molecule has 0 unspecified atom stereocenters. The van der Waals surface area contributed by atoms with Crippen LogP contribution in [-0.2, 0) is 6.54 Å². The van der Waals surface area contributed by atoms with Gasteiger partial charge in [0.25, 0.3) is 0 Å². The van der Waals surface area contributed by atoms with E-state index in [1.165, 1.54) is 5.56 Å². The summed E-state index contributed by atoms with van der Waals surface area (Å²) in [5.41, 5.74) is 2.30. The van der Waals surface area contributed by atoms with Crippen molar-refractivity contribution in [2.24, 2.45) is 0 Å². The molecule has 19 heavy (non-hydrogen) atoms. The van der Waals surface area contributed by atoms with Gasteiger partial charge in [0.15, 0.2) is 0 Å². The number of nitrogens with zero attached hydrogens (tertiary/aromatic N) is 1. The fourth-order valence-electron chi connectivity index (χ4n) is 1.93. The lowest BCUT2D eigenvalue weighted by Crippen LogP contribution is -2.42. The molecule has 4 heteroatoms. The van der Waals surface area contributed by atoms with Crippen molar-refractivity contribution in [3.63, 3.8) is 0 Å². The number of hydrogen-bond acceptors (Lipinski definition) is 4. The summed E-state index contributed by atoms with van der Waals surface area (Å²) in [6.07, 6.45) is 2.54. The summed E-state index contributed by atoms with van der Waals surface area (Å²) in [6.45, 7) is 9.63. The van der Waals surface area contributed by atoms with Gasteiger partial charge in [-0.3, -0.25) is 15.6 Å². The van der Waals surface area contributed by atoms with Gasteiger partial charge in [-0.2, -0.15) is 0 Å². The molecule has 3 N–H and O–H groups in total. The third kappa shape index (κ3) is 5.68. The van der Waals surface area contributed by atoms with Gasteiger partial charge in [-0.15, -0.1) is 0 Å². The minimum Gasteiger partial charge on any atom is -0.392 e. The Kier molecular flexibility index (Phi) is 6.99. The molecule has 0 amide bonds. The second-order valence-corrected chi connectivity index (χ2v) is 5.30. The third-order valence-corrected chi connectivity index (χ3v) is 3.33. The average Bonchev–Trinajstić information content (AvgIpc) is 2.38. The van der Waals surface area contributed by atoms with Crippen LogP contribution in [-0.4, -0.2) is 28.9 Å². The fourth-order valence-corrected chi connectivity index (χ4v) is 1.93. The molecule has 0 aliphatic carbocycles. The van der Waals surface area contributed by atoms with Gasteiger partial charge < -0.3 is 5.11 Å². The van der Waals surface area contributed by atoms with E-state index < -0.39 is 0 Å². The molecule has 108 valence electrons. The maximum atomic E-state index is 9.51. The standard InChI is InChI=1S/C15H27N3O/c1-5-15(12(4)19)18-10-16-9-14-7-6-13(8-17-14)11(2)3/h6-8,11-12,15-16,18-19H,5,9-10H2,1-4H3/t12-,15-/m0/s1. The molecule has 0 fully saturated rings. The number of nitrogens with one attached hydrogen (secondary N) is 2. The molecular formula is C15H27N3O. The normalized spacial score (nSPS) is 14.6. The summed E-state index contributed by atoms with van der Waals surface area (Å²) in [4.78, 5) is 4.43. The molecule has 4 nitrogen and oxygen atoms in total. The van der Waals surface area contributed by atoms with Gasteiger partial charge in [0.1, 0.15) is 0 Å². The van der Waals surface area contributed by atoms with E-state index in [9.17, 15) is 5.11 Å². The van der Waals surface area contributed by atoms with Gasteiger partial charge >= 0.3 is 0 Å². The monoisotopic (exact) mass is 265 g/mol. The number of rotatable bonds is 8. The Morgan fingerprint density at radius 1 is 1.26 bits per heavy atom. The number of aliphatic hydroxyl groups excluding tert-OH is 1. The molecule has 0 saturated carbocycles. The smallest absolute Gasteiger partial charge is 0.0665 e. The van der Waals surface area contributed by atoms with E-state index in [0.717, 1.165) is 18.7 Å². The van der Waals surface area contributed by atoms with Crippen molar-refractivity contribution < 1.29 is 5.11 Å². The number of hydrogen-bond donors (Lipinski definition) is 3. The van der Waals surface area contributed by atoms with E-state index in [4.69, 9.17) is 0 Å². The zero-order chi connectivity index (χ0) is 14.3. The first kappa shape index (κ1) is 16.1. The summed E-state index contributed by atoms with van der Waals surface area (Å²) < 4.78 is 0. The van der Waals surface area contributed by atoms with Crippen molar-refractivity contribution in [3.05, 3.63) is 29.6 Å². The molecule has 0 bridgehead atoms. The fraction of sp³-hybridized carbons (Fsp3) is 0.667. The molecule has 1 aromatic heterocycles. The first-order valence-corrected chi connectivity index (χ1v) is 7.11. The van der Waals surface area contributed by atoms with Crippen molar-refractivity contribution in [3.8, 4) is 0 Å². The van der Waals surface area contributed by atoms with Gasteiger partial charge in [0.2, 0.25) is 0 Å². The summed E-state index contributed by atoms with van der Waals surface area (Å²) in [5, 5.41) is 16.1. The largest absolute Gasteiger partial charge is 0.392 e. The van der Waals surface area contributed by atoms with Crippen molar-refractivity contribution in [2.45, 2.75) is 58.7 Å². The van der Waals surface area contributed by atoms with Crippen LogP contribution < -0.4 is 10.6 Å². The van der Waals surface area contributed by atoms with Gasteiger partial charge in [0, 0.05) is 25.5 Å². The maximum Gasteiger partial charge on any atom is 0.0665 e. The molecule has 0 aliphatic heterocycles. The van der Waals surface area contributed by atoms with Crippen molar-refractivity contribution in [2.75, 3.05) is 6.67 Å². The summed E-state index contributed by atoms with van der Waals surface area (Å²) in [5.74, 6) is 0.521. The Morgan fingerprint density at radius 3 is 2.47 bits per heavy atom. The second-order valence-electron chi connectivity index (χ2n) is 5.30. The second kappa shape index (κ2) is 8.25. The lowest BCUT2D eigenvalue weighted by Gasteiger charge is -2.20. The first-order valence-electron chi connectivity index (χ1n) is 7.11. The average molecular weight is 265 g/mol. The molecule has 0 saturated heterocycles. The van der Waals surface area contributed by atoms with Crippen LogP contribution in [0.2, 0.25) is 0 Å². The lowest BCUT2D eigenvalue weighted by atomic mass is 10.1. The Morgan fingerprint density at radius 2 is 2.00 bits per heavy atom. The maximum absolute atomic E-state index is 9.51. The quantitative estimate of drug-likeness (QED) is 0.497. The predicted octanol–water partition coefficient (Wildman–Crippen LogP) is 2.00. The highest BCUT2D eigenvalue weighted by molar-refractivity contribution is 5.16. The van der Waals surface area contributed by atoms with Crippen molar-refractivity contribution in [1.29, 1.82) is 0 Å². The molecule has 0 radical (unpaired) electrons. The third-order valence-electron chi connectivity index (χ3n) is 3.33. The van der Waals surface area contributed by atoms with E-state index in [-0.39, 0.29) is 12.1 Å². The minimum atomic E-state index is -0.324. The van der Waals surface area contributed by atoms with Crippen LogP contribution in [0.5, 0.6) is 0 Å². The molecule has 0 spiro atoms. The molecule has 1 heterocycles. The van der Waals surface area contributed by atoms with Gasteiger partial charge in [-0.05, 0) is 30.9 Å². The number of pyridine rings is 1. The Labute approximate surface area is 116 Å². The Hall–Kier alpha value is -0.970. The molecule has 0 aliphatic rings. The van der Waals surface area contributed by atoms with E-state index in [2.05, 4.69) is 48.5 Å². The van der Waals surface area contributed by atoms with Gasteiger partial charge in [0.05, 0.1) is 11.8 Å². The minimum absolute atomic E-state index is 0.142. The molecule has 1 rings (SSSR count). The zero-order valence-corrected chi connectivity index (χ0v) is 12.5. The lowest BCUT2D eigenvalue weighted by molar-refractivity contribution is 0.141. The summed E-state index contributed by atoms with van der Waals surface area (Å²) in [6, 6.07) is 4.34. The van der Waals surface area contributed by atoms with Crippen LogP contribution in [0.1, 0.15) is 51.3 Å². The highest BCUT2D eigenvalue weighted by Crippen LogP contribution is 2.12. The van der Waals surface area contributed by atoms with Crippen LogP contribution in [0.25, 0.3) is 0 Å². The predicted molar refractivity (Wildman–Crippen MR) is 78.9 cm³/mol. The molecule has 0 aromatic carbocycles. The number of aromatic nitrogens is 1. The Balaban J connectivity index is 2.29. The summed E-state index contributed by atoms with van der Waals surface area (Å²) >= 11 is 0. The molecule has 1 aromatic rings. The van der Waals surface area contributed by atoms with Crippen LogP contribution in [0.3, 0.4) is 0 Å². The van der Waals surface area contributed by atoms with E-state index in [1.807, 2.05) is 13.1 Å². The van der Waals surface area contributed by atoms with Crippen molar-refractivity contribution >= 4 is 0 Å². The topological polar surface area (TPSA) is 57.2 Å². The molecule has 2 atom stereocenters. The van der Waals surface area contributed by atoms with E-state index in [1.54, 1.807) is 0 Å². The van der Waals surface area contributed by atoms with Crippen LogP contribution in [0.4, 0.5) is 0 Å². The highest BCUT2D eigenvalue weighted by Gasteiger charge is 2.10. The van der Waals surface area contributed by atoms with Crippen LogP contribution in [0, 0.1) is 0 Å². The highest BCUT2D eigenvalue weighted by atomic mass is 16.3.